The standard InChI is InChI=1S/C46H81NO6Si.C39H66N2O6.CH4O.ClH/c1-12-49-39(42(8,9)48)32-27-30(5)37-38(51-32)40(53-54(13-2,14-3)15-4)44(11)34-20-19-33-41(6,7)35(52-36-28-47(25-26-50-36)31-17-16-18-31)21-22-45(33)29-46(34,45)24-23-43(37,44)10;1-9-44-33(35(5,6)43)25-18-23(2)30-31(46-25)32(42)37(8)27-11-10-26-34(3,4)28(47-29-21-41(16-17-45-29)24-19-40-20-24)12-13-38(26)22-39(27,38)15-14-36(30,37)7;1-2;/h30-40,48H,12-29H2,1-11H3;23-33,40,42-43H,9-22H2,1-8H3;2H,1H3;1H/t30-,32-,33+,34+,35+,36+,37+,38+,39+,40+,43-,44-,45?,46+;23-,25-,26+,27+,28+,29+,30+,31+,32+,33+,36-,37-,38?,39+;;/m11../s1. The number of hydrogen-bond donors (Lipinski definition) is 5. The molecule has 0 amide bonds. The van der Waals surface area contributed by atoms with Crippen LogP contribution in [0.1, 0.15) is 254 Å². The van der Waals surface area contributed by atoms with Gasteiger partial charge in [0.2, 0.25) is 0 Å². The largest absolute Gasteiger partial charge is 0.411 e. The molecule has 5 heterocycles. The smallest absolute Gasteiger partial charge is 0.192 e. The molecule has 16 rings (SSSR count). The van der Waals surface area contributed by atoms with Gasteiger partial charge in [-0.25, -0.2) is 0 Å². The van der Waals surface area contributed by atoms with Crippen molar-refractivity contribution in [1.82, 2.24) is 15.1 Å². The lowest BCUT2D eigenvalue weighted by Gasteiger charge is -2.64. The van der Waals surface area contributed by atoms with Gasteiger partial charge in [0, 0.05) is 82.5 Å². The minimum atomic E-state index is -2.00. The van der Waals surface area contributed by atoms with E-state index in [4.69, 9.17) is 47.4 Å². The lowest BCUT2D eigenvalue weighted by molar-refractivity contribution is -0.252. The van der Waals surface area contributed by atoms with Crippen LogP contribution in [0, 0.1) is 101 Å². The van der Waals surface area contributed by atoms with Crippen LogP contribution < -0.4 is 5.32 Å². The Hall–Kier alpha value is -0.133. The maximum Gasteiger partial charge on any atom is 0.192 e. The van der Waals surface area contributed by atoms with Gasteiger partial charge < -0.3 is 68.1 Å². The molecule has 0 bridgehead atoms. The van der Waals surface area contributed by atoms with E-state index in [0.29, 0.717) is 88.3 Å². The second kappa shape index (κ2) is 29.0. The molecule has 11 saturated carbocycles. The van der Waals surface area contributed by atoms with E-state index < -0.39 is 31.7 Å². The van der Waals surface area contributed by atoms with Gasteiger partial charge in [-0.1, -0.05) is 96.4 Å². The molecule has 4 spiro atoms. The van der Waals surface area contributed by atoms with E-state index in [2.05, 4.69) is 105 Å². The molecule has 5 N–H and O–H groups in total. The van der Waals surface area contributed by atoms with E-state index in [1.165, 1.54) is 96.3 Å². The van der Waals surface area contributed by atoms with Crippen LogP contribution in [0.4, 0.5) is 0 Å². The zero-order valence-corrected chi connectivity index (χ0v) is 70.9. The fourth-order valence-electron chi connectivity index (χ4n) is 30.6. The Labute approximate surface area is 638 Å². The molecule has 104 heavy (non-hydrogen) atoms. The van der Waals surface area contributed by atoms with E-state index in [9.17, 15) is 15.3 Å². The van der Waals surface area contributed by atoms with Gasteiger partial charge in [0.05, 0.1) is 73.2 Å². The molecular weight excluding hydrogens is 1350 g/mol. The summed E-state index contributed by atoms with van der Waals surface area (Å²) in [7, 11) is -0.999. The van der Waals surface area contributed by atoms with Crippen molar-refractivity contribution in [3.8, 4) is 0 Å². The van der Waals surface area contributed by atoms with Crippen molar-refractivity contribution in [3.63, 3.8) is 0 Å². The van der Waals surface area contributed by atoms with Crippen molar-refractivity contribution < 1.29 is 62.7 Å². The SMILES string of the molecule is CCO[C@@H]([C@H]1C[C@@H](C)[C@H]2[C@H](O1)[C@H](O)[C@@]1(C)[C@@H]3CC[C@H]4C(C)(C)[C@@H](O[C@H]5CN(C6CNC6)CCO5)CCC45C[C@@]35CC[C@]21C)C(C)(C)O.CCO[C@@H]([C@H]1C[C@@H](C)[C@H]2[C@H](O1)[C@H](O[Si](CC)(CC)CC)[C@@]1(C)[C@@H]3CC[C@H]4C(C)(C)[C@@H](O[C@H]5CN(C6CCC6)CCO5)CCC45C[C@@]35CC[C@]21C)C(C)(C)O.CO.Cl. The first-order chi connectivity index (χ1) is 48.6. The summed E-state index contributed by atoms with van der Waals surface area (Å²) in [6.45, 7) is 52.9. The number of aliphatic hydroxyl groups is 4. The van der Waals surface area contributed by atoms with Gasteiger partial charge in [-0.3, -0.25) is 9.80 Å². The fraction of sp³-hybridized carbons (Fsp3) is 1.00. The van der Waals surface area contributed by atoms with Gasteiger partial charge >= 0.3 is 0 Å². The van der Waals surface area contributed by atoms with Gasteiger partial charge in [-0.15, -0.1) is 12.4 Å². The molecule has 2 unspecified atom stereocenters. The number of hydrogen-bond acceptors (Lipinski definition) is 16. The average Bonchev–Trinajstić information content (AvgIpc) is 1.46. The highest BCUT2D eigenvalue weighted by atomic mass is 35.5. The predicted molar refractivity (Wildman–Crippen MR) is 414 cm³/mol. The fourth-order valence-corrected chi connectivity index (χ4v) is 33.5. The third-order valence-electron chi connectivity index (χ3n) is 36.2. The molecule has 0 aromatic heterocycles. The summed E-state index contributed by atoms with van der Waals surface area (Å²) in [4.78, 5) is 5.23. The van der Waals surface area contributed by atoms with Gasteiger partial charge in [0.25, 0.3) is 0 Å². The van der Waals surface area contributed by atoms with Crippen LogP contribution in [0.25, 0.3) is 0 Å². The first kappa shape index (κ1) is 81.9. The quantitative estimate of drug-likeness (QED) is 0.0770. The summed E-state index contributed by atoms with van der Waals surface area (Å²) < 4.78 is 61.5. The molecular formula is C86H152ClN3O13Si. The Balaban J connectivity index is 0.000000180. The summed E-state index contributed by atoms with van der Waals surface area (Å²) >= 11 is 0. The van der Waals surface area contributed by atoms with Crippen LogP contribution in [-0.4, -0.2) is 208 Å². The Kier molecular flexibility index (Phi) is 22.8. The van der Waals surface area contributed by atoms with Gasteiger partial charge in [0.15, 0.2) is 20.9 Å². The highest BCUT2D eigenvalue weighted by molar-refractivity contribution is 6.73. The Morgan fingerprint density at radius 1 is 0.538 bits per heavy atom. The summed E-state index contributed by atoms with van der Waals surface area (Å²) in [5.74, 6) is 4.13. The summed E-state index contributed by atoms with van der Waals surface area (Å²) in [6.07, 6.45) is 22.1. The lowest BCUT2D eigenvalue weighted by atomic mass is 9.41. The molecule has 0 aromatic rings. The molecule has 600 valence electrons. The number of nitrogens with zero attached hydrogens (tertiary/aromatic N) is 2. The number of nitrogens with one attached hydrogen (secondary N) is 1. The normalized spacial score (nSPS) is 49.0. The van der Waals surface area contributed by atoms with E-state index in [1.807, 2.05) is 41.5 Å². The van der Waals surface area contributed by atoms with Crippen LogP contribution in [0.5, 0.6) is 0 Å². The van der Waals surface area contributed by atoms with Crippen LogP contribution in [0.2, 0.25) is 18.1 Å². The maximum absolute atomic E-state index is 12.6. The van der Waals surface area contributed by atoms with E-state index in [1.54, 1.807) is 0 Å². The molecule has 0 aromatic carbocycles. The zero-order chi connectivity index (χ0) is 74.1. The minimum Gasteiger partial charge on any atom is -0.411 e. The van der Waals surface area contributed by atoms with Crippen LogP contribution in [0.15, 0.2) is 0 Å². The second-order valence-electron chi connectivity index (χ2n) is 41.2. The molecule has 5 aliphatic heterocycles. The van der Waals surface area contributed by atoms with Crippen LogP contribution >= 0.6 is 12.4 Å². The number of ether oxygens (including phenoxy) is 8. The average molecular weight is 1500 g/mol. The molecule has 18 heteroatoms. The lowest BCUT2D eigenvalue weighted by Crippen LogP contribution is -2.62. The van der Waals surface area contributed by atoms with Crippen LogP contribution in [0.3, 0.4) is 0 Å². The second-order valence-corrected chi connectivity index (χ2v) is 46.0. The first-order valence-electron chi connectivity index (χ1n) is 43.2. The third kappa shape index (κ3) is 12.2. The summed E-state index contributed by atoms with van der Waals surface area (Å²) in [6, 6.07) is 4.86. The van der Waals surface area contributed by atoms with E-state index >= 15 is 0 Å². The number of halogens is 1. The molecule has 11 aliphatic carbocycles. The summed E-state index contributed by atoms with van der Waals surface area (Å²) in [5, 5.41) is 45.5. The number of morpholine rings is 2. The zero-order valence-electron chi connectivity index (χ0n) is 69.1. The third-order valence-corrected chi connectivity index (χ3v) is 40.8. The number of rotatable bonds is 19. The van der Waals surface area contributed by atoms with Crippen molar-refractivity contribution in [2.75, 3.05) is 72.8 Å². The van der Waals surface area contributed by atoms with E-state index in [-0.39, 0.29) is 106 Å². The summed E-state index contributed by atoms with van der Waals surface area (Å²) in [5.41, 5.74) is -0.265. The maximum atomic E-state index is 12.6. The molecule has 5 saturated heterocycles. The molecule has 0 radical (unpaired) electrons. The highest BCUT2D eigenvalue weighted by Gasteiger charge is 2.87. The van der Waals surface area contributed by atoms with Crippen molar-refractivity contribution in [3.05, 3.63) is 0 Å². The predicted octanol–water partition coefficient (Wildman–Crippen LogP) is 14.6. The van der Waals surface area contributed by atoms with Gasteiger partial charge in [-0.2, -0.15) is 0 Å². The molecule has 16 nitrogen and oxygen atoms in total. The number of aliphatic hydroxyl groups excluding tert-OH is 2. The topological polar surface area (TPSA) is 182 Å². The van der Waals surface area contributed by atoms with Gasteiger partial charge in [-0.05, 0) is 266 Å². The van der Waals surface area contributed by atoms with Crippen molar-refractivity contribution in [2.45, 2.75) is 369 Å². The van der Waals surface area contributed by atoms with Crippen molar-refractivity contribution >= 4 is 20.7 Å². The highest BCUT2D eigenvalue weighted by Crippen LogP contribution is 2.91. The molecule has 16 fully saturated rings. The Bertz CT molecular complexity index is 2950. The first-order valence-corrected chi connectivity index (χ1v) is 45.7. The Morgan fingerprint density at radius 3 is 1.37 bits per heavy atom. The monoisotopic (exact) mass is 1500 g/mol. The minimum absolute atomic E-state index is 0. The van der Waals surface area contributed by atoms with Crippen molar-refractivity contribution in [2.24, 2.45) is 101 Å². The molecule has 28 atom stereocenters. The van der Waals surface area contributed by atoms with E-state index in [0.717, 1.165) is 109 Å². The molecule has 16 aliphatic rings. The van der Waals surface area contributed by atoms with Gasteiger partial charge in [0.1, 0.15) is 12.2 Å². The number of fused-ring (bicyclic) bond motifs is 8. The van der Waals surface area contributed by atoms with Crippen molar-refractivity contribution in [1.29, 1.82) is 0 Å². The van der Waals surface area contributed by atoms with Crippen LogP contribution in [-0.2, 0) is 42.3 Å². The Morgan fingerprint density at radius 2 is 0.952 bits per heavy atom.